The predicted octanol–water partition coefficient (Wildman–Crippen LogP) is 4.07. The van der Waals surface area contributed by atoms with Crippen LogP contribution in [0.2, 0.25) is 0 Å². The largest absolute Gasteiger partial charge is 0.622 e. The Morgan fingerprint density at radius 2 is 1.88 bits per heavy atom. The summed E-state index contributed by atoms with van der Waals surface area (Å²) in [5, 5.41) is 16.4. The monoisotopic (exact) mass is 362 g/mol. The van der Waals surface area contributed by atoms with E-state index in [0.29, 0.717) is 12.1 Å². The van der Waals surface area contributed by atoms with Crippen molar-refractivity contribution in [2.45, 2.75) is 18.6 Å². The van der Waals surface area contributed by atoms with Crippen LogP contribution in [0.1, 0.15) is 11.1 Å². The van der Waals surface area contributed by atoms with E-state index < -0.39 is 28.3 Å². The van der Waals surface area contributed by atoms with Crippen LogP contribution in [0.25, 0.3) is 0 Å². The third-order valence-electron chi connectivity index (χ3n) is 4.59. The second-order valence-electron chi connectivity index (χ2n) is 6.14. The van der Waals surface area contributed by atoms with E-state index in [-0.39, 0.29) is 12.2 Å². The van der Waals surface area contributed by atoms with Crippen LogP contribution in [-0.4, -0.2) is 18.5 Å². The minimum absolute atomic E-state index is 0.0874. The Morgan fingerprint density at radius 3 is 2.50 bits per heavy atom. The summed E-state index contributed by atoms with van der Waals surface area (Å²) < 4.78 is 37.5. The van der Waals surface area contributed by atoms with Crippen molar-refractivity contribution in [3.05, 3.63) is 77.5 Å². The van der Waals surface area contributed by atoms with Crippen molar-refractivity contribution >= 4 is 17.3 Å². The average molecular weight is 362 g/mol. The van der Waals surface area contributed by atoms with Gasteiger partial charge in [0.15, 0.2) is 0 Å². The summed E-state index contributed by atoms with van der Waals surface area (Å²) in [6, 6.07) is 10.7. The van der Waals surface area contributed by atoms with Crippen molar-refractivity contribution in [2.24, 2.45) is 0 Å². The molecule has 2 aromatic rings. The Kier molecular flexibility index (Phi) is 4.60. The fourth-order valence-electron chi connectivity index (χ4n) is 3.30. The topological polar surface area (TPSA) is 52.2 Å². The minimum Gasteiger partial charge on any atom is -0.622 e. The van der Waals surface area contributed by atoms with Gasteiger partial charge in [0, 0.05) is 30.2 Å². The molecule has 0 spiro atoms. The molecular formula is C19H17F3N2O2. The van der Waals surface area contributed by atoms with Crippen molar-refractivity contribution in [3.8, 4) is 0 Å². The number of carbonyl (C=O) groups excluding carboxylic acids is 1. The van der Waals surface area contributed by atoms with Gasteiger partial charge in [-0.3, -0.25) is 9.44 Å². The first kappa shape index (κ1) is 18.2. The lowest BCUT2D eigenvalue weighted by molar-refractivity contribution is -0.137. The first-order valence-corrected chi connectivity index (χ1v) is 8.03. The first-order chi connectivity index (χ1) is 12.3. The first-order valence-electron chi connectivity index (χ1n) is 8.03. The summed E-state index contributed by atoms with van der Waals surface area (Å²) >= 11 is 0. The van der Waals surface area contributed by atoms with E-state index in [9.17, 15) is 23.2 Å². The maximum Gasteiger partial charge on any atom is 0.416 e. The molecule has 1 amide bonds. The summed E-state index contributed by atoms with van der Waals surface area (Å²) in [6.45, 7) is 3.46. The number of carbonyl (C=O) groups is 1. The quantitative estimate of drug-likeness (QED) is 0.506. The summed E-state index contributed by atoms with van der Waals surface area (Å²) in [7, 11) is 0. The fraction of sp³-hybridized carbons (Fsp3) is 0.211. The fourth-order valence-corrected chi connectivity index (χ4v) is 3.30. The SMILES string of the molecule is C=CC(=O)NCC1Cc2ccccc2[N+]1([O-])c1ccc(C(F)(F)F)cc1. The molecule has 1 heterocycles. The predicted molar refractivity (Wildman–Crippen MR) is 93.4 cm³/mol. The minimum atomic E-state index is -4.47. The molecule has 26 heavy (non-hydrogen) atoms. The van der Waals surface area contributed by atoms with Gasteiger partial charge in [-0.15, -0.1) is 0 Å². The van der Waals surface area contributed by atoms with Crippen LogP contribution in [0.5, 0.6) is 0 Å². The Labute approximate surface area is 148 Å². The summed E-state index contributed by atoms with van der Waals surface area (Å²) in [5.74, 6) is -0.403. The standard InChI is InChI=1S/C19H17F3N2O2/c1-2-18(25)23-12-16-11-13-5-3-4-6-17(13)24(16,26)15-9-7-14(8-10-15)19(20,21)22/h2-10,16H,1,11-12H2,(H,23,25). The van der Waals surface area contributed by atoms with Gasteiger partial charge in [0.1, 0.15) is 17.4 Å². The van der Waals surface area contributed by atoms with Gasteiger partial charge in [-0.25, -0.2) is 0 Å². The number of nitrogens with one attached hydrogen (secondary N) is 1. The Bertz CT molecular complexity index is 833. The van der Waals surface area contributed by atoms with Gasteiger partial charge in [0.2, 0.25) is 5.91 Å². The van der Waals surface area contributed by atoms with E-state index in [1.54, 1.807) is 18.2 Å². The van der Waals surface area contributed by atoms with Gasteiger partial charge in [0.25, 0.3) is 0 Å². The molecule has 1 aliphatic rings. The van der Waals surface area contributed by atoms with Gasteiger partial charge >= 0.3 is 6.18 Å². The number of halogens is 3. The smallest absolute Gasteiger partial charge is 0.416 e. The molecule has 136 valence electrons. The molecule has 1 aliphatic heterocycles. The molecule has 2 aromatic carbocycles. The van der Waals surface area contributed by atoms with Gasteiger partial charge in [-0.05, 0) is 18.2 Å². The molecule has 0 aliphatic carbocycles. The van der Waals surface area contributed by atoms with Crippen LogP contribution in [-0.2, 0) is 17.4 Å². The second kappa shape index (κ2) is 6.59. The van der Waals surface area contributed by atoms with Gasteiger partial charge in [-0.2, -0.15) is 13.2 Å². The van der Waals surface area contributed by atoms with Crippen LogP contribution in [0.15, 0.2) is 61.2 Å². The lowest BCUT2D eigenvalue weighted by atomic mass is 10.1. The van der Waals surface area contributed by atoms with E-state index in [0.717, 1.165) is 23.8 Å². The van der Waals surface area contributed by atoms with Crippen LogP contribution >= 0.6 is 0 Å². The maximum absolute atomic E-state index is 13.8. The third-order valence-corrected chi connectivity index (χ3v) is 4.59. The van der Waals surface area contributed by atoms with Gasteiger partial charge in [0.05, 0.1) is 12.1 Å². The zero-order valence-electron chi connectivity index (χ0n) is 13.8. The number of benzene rings is 2. The number of amides is 1. The van der Waals surface area contributed by atoms with E-state index in [1.165, 1.54) is 12.1 Å². The highest BCUT2D eigenvalue weighted by molar-refractivity contribution is 5.87. The maximum atomic E-state index is 13.8. The van der Waals surface area contributed by atoms with E-state index in [2.05, 4.69) is 11.9 Å². The van der Waals surface area contributed by atoms with E-state index >= 15 is 0 Å². The summed E-state index contributed by atoms with van der Waals surface area (Å²) in [4.78, 5) is 11.5. The second-order valence-corrected chi connectivity index (χ2v) is 6.14. The zero-order chi connectivity index (χ0) is 18.9. The van der Waals surface area contributed by atoms with Crippen molar-refractivity contribution in [3.63, 3.8) is 0 Å². The van der Waals surface area contributed by atoms with Gasteiger partial charge in [-0.1, -0.05) is 24.8 Å². The molecule has 1 N–H and O–H groups in total. The molecule has 2 unspecified atom stereocenters. The molecule has 4 nitrogen and oxygen atoms in total. The highest BCUT2D eigenvalue weighted by Gasteiger charge is 2.42. The molecular weight excluding hydrogens is 345 g/mol. The molecule has 7 heteroatoms. The number of nitrogens with zero attached hydrogens (tertiary/aromatic N) is 1. The lowest BCUT2D eigenvalue weighted by Crippen LogP contribution is -2.50. The number of hydrogen-bond acceptors (Lipinski definition) is 2. The van der Waals surface area contributed by atoms with Gasteiger partial charge < -0.3 is 10.5 Å². The molecule has 3 rings (SSSR count). The number of para-hydroxylation sites is 1. The molecule has 0 saturated heterocycles. The number of fused-ring (bicyclic) bond motifs is 1. The highest BCUT2D eigenvalue weighted by atomic mass is 19.4. The number of quaternary nitrogens is 1. The molecule has 0 radical (unpaired) electrons. The van der Waals surface area contributed by atoms with E-state index in [1.807, 2.05) is 6.07 Å². The van der Waals surface area contributed by atoms with E-state index in [4.69, 9.17) is 0 Å². The van der Waals surface area contributed by atoms with Crippen LogP contribution in [0, 0.1) is 5.21 Å². The van der Waals surface area contributed by atoms with Crippen LogP contribution in [0.4, 0.5) is 24.5 Å². The highest BCUT2D eigenvalue weighted by Crippen LogP contribution is 2.45. The number of alkyl halides is 3. The average Bonchev–Trinajstić information content (AvgIpc) is 2.92. The van der Waals surface area contributed by atoms with Crippen molar-refractivity contribution in [1.29, 1.82) is 0 Å². The number of hydroxylamine groups is 1. The third kappa shape index (κ3) is 3.11. The lowest BCUT2D eigenvalue weighted by Gasteiger charge is -2.43. The van der Waals surface area contributed by atoms with Crippen molar-refractivity contribution in [1.82, 2.24) is 9.96 Å². The number of rotatable bonds is 4. The Balaban J connectivity index is 2.00. The Hall–Kier alpha value is -2.64. The van der Waals surface area contributed by atoms with Crippen molar-refractivity contribution in [2.75, 3.05) is 6.54 Å². The van der Waals surface area contributed by atoms with Crippen LogP contribution in [0.3, 0.4) is 0 Å². The molecule has 0 aromatic heterocycles. The molecule has 2 atom stereocenters. The molecule has 0 fully saturated rings. The van der Waals surface area contributed by atoms with Crippen molar-refractivity contribution < 1.29 is 18.0 Å². The van der Waals surface area contributed by atoms with Crippen LogP contribution < -0.4 is 9.96 Å². The normalized spacial score (nSPS) is 21.9. The number of hydrogen-bond donors (Lipinski definition) is 1. The Morgan fingerprint density at radius 1 is 1.23 bits per heavy atom. The zero-order valence-corrected chi connectivity index (χ0v) is 13.8. The summed E-state index contributed by atoms with van der Waals surface area (Å²) in [6.07, 6.45) is -2.94. The summed E-state index contributed by atoms with van der Waals surface area (Å²) in [5.41, 5.74) is 0.683. The molecule has 0 saturated carbocycles. The molecule has 0 bridgehead atoms.